The molecule has 0 atom stereocenters. The lowest BCUT2D eigenvalue weighted by Crippen LogP contribution is -2.35. The second-order valence-corrected chi connectivity index (χ2v) is 9.92. The highest BCUT2D eigenvalue weighted by Gasteiger charge is 2.31. The summed E-state index contributed by atoms with van der Waals surface area (Å²) in [4.78, 5) is 37.5. The van der Waals surface area contributed by atoms with Gasteiger partial charge in [0.05, 0.1) is 27.7 Å². The van der Waals surface area contributed by atoms with Crippen LogP contribution in [-0.4, -0.2) is 50.1 Å². The minimum atomic E-state index is -3.80. The fraction of sp³-hybridized carbons (Fsp3) is 0.409. The predicted octanol–water partition coefficient (Wildman–Crippen LogP) is 4.05. The standard InChI is InChI=1S/C22H25ClN2O7S/c1-4-31-22(28)19-18(13(2)26)14(3)32-21(19)24-20(27)16-12-15(8-9-17(16)23)33(29,30)25-10-6-5-7-11-25/h8-9,12H,4-7,10-11H2,1-3H3,(H,24,27). The van der Waals surface area contributed by atoms with Gasteiger partial charge in [0.15, 0.2) is 5.78 Å². The zero-order chi connectivity index (χ0) is 24.3. The van der Waals surface area contributed by atoms with Crippen LogP contribution in [0.5, 0.6) is 0 Å². The van der Waals surface area contributed by atoms with Crippen molar-refractivity contribution >= 4 is 45.2 Å². The number of carbonyl (C=O) groups excluding carboxylic acids is 3. The van der Waals surface area contributed by atoms with Gasteiger partial charge in [-0.15, -0.1) is 0 Å². The molecule has 1 amide bonds. The van der Waals surface area contributed by atoms with Crippen LogP contribution >= 0.6 is 11.6 Å². The van der Waals surface area contributed by atoms with E-state index in [1.54, 1.807) is 6.92 Å². The van der Waals surface area contributed by atoms with Gasteiger partial charge in [0.1, 0.15) is 11.3 Å². The third-order valence-electron chi connectivity index (χ3n) is 5.28. The Balaban J connectivity index is 1.97. The van der Waals surface area contributed by atoms with Crippen LogP contribution in [-0.2, 0) is 14.8 Å². The van der Waals surface area contributed by atoms with E-state index in [9.17, 15) is 22.8 Å². The molecule has 0 saturated carbocycles. The number of Topliss-reactive ketones (excluding diaryl/α,β-unsaturated/α-hetero) is 1. The minimum absolute atomic E-state index is 0.00345. The average Bonchev–Trinajstić information content (AvgIpc) is 3.10. The summed E-state index contributed by atoms with van der Waals surface area (Å²) in [6.45, 7) is 5.22. The molecule has 33 heavy (non-hydrogen) atoms. The molecule has 1 fully saturated rings. The van der Waals surface area contributed by atoms with Gasteiger partial charge in [0, 0.05) is 13.1 Å². The van der Waals surface area contributed by atoms with E-state index in [-0.39, 0.29) is 44.9 Å². The average molecular weight is 497 g/mol. The number of ketones is 1. The van der Waals surface area contributed by atoms with E-state index in [1.807, 2.05) is 0 Å². The molecule has 178 valence electrons. The molecule has 2 heterocycles. The molecule has 1 N–H and O–H groups in total. The van der Waals surface area contributed by atoms with Crippen LogP contribution < -0.4 is 5.32 Å². The third-order valence-corrected chi connectivity index (χ3v) is 7.50. The smallest absolute Gasteiger partial charge is 0.344 e. The van der Waals surface area contributed by atoms with Gasteiger partial charge in [0.2, 0.25) is 15.9 Å². The van der Waals surface area contributed by atoms with Crippen LogP contribution in [0.3, 0.4) is 0 Å². The van der Waals surface area contributed by atoms with Crippen LogP contribution in [0.4, 0.5) is 5.88 Å². The maximum Gasteiger partial charge on any atom is 0.344 e. The van der Waals surface area contributed by atoms with Gasteiger partial charge in [-0.1, -0.05) is 18.0 Å². The SMILES string of the molecule is CCOC(=O)c1c(NC(=O)c2cc(S(=O)(=O)N3CCCCC3)ccc2Cl)oc(C)c1C(C)=O. The van der Waals surface area contributed by atoms with Crippen LogP contribution in [0, 0.1) is 6.92 Å². The number of esters is 1. The number of piperidine rings is 1. The van der Waals surface area contributed by atoms with Gasteiger partial charge in [-0.05, 0) is 51.8 Å². The van der Waals surface area contributed by atoms with Crippen molar-refractivity contribution in [1.82, 2.24) is 4.31 Å². The van der Waals surface area contributed by atoms with Crippen molar-refractivity contribution < 1.29 is 32.0 Å². The largest absolute Gasteiger partial charge is 0.462 e. The number of furan rings is 1. The quantitative estimate of drug-likeness (QED) is 0.453. The first kappa shape index (κ1) is 24.9. The second-order valence-electron chi connectivity index (χ2n) is 7.57. The van der Waals surface area contributed by atoms with Crippen molar-refractivity contribution in [3.8, 4) is 0 Å². The lowest BCUT2D eigenvalue weighted by Gasteiger charge is -2.26. The molecule has 3 rings (SSSR count). The molecule has 2 aromatic rings. The summed E-state index contributed by atoms with van der Waals surface area (Å²) in [6, 6.07) is 3.86. The summed E-state index contributed by atoms with van der Waals surface area (Å²) in [5.74, 6) is -2.21. The van der Waals surface area contributed by atoms with Gasteiger partial charge in [-0.2, -0.15) is 4.31 Å². The summed E-state index contributed by atoms with van der Waals surface area (Å²) < 4.78 is 37.9. The number of amides is 1. The summed E-state index contributed by atoms with van der Waals surface area (Å²) in [7, 11) is -3.80. The highest BCUT2D eigenvalue weighted by Crippen LogP contribution is 2.30. The zero-order valence-electron chi connectivity index (χ0n) is 18.6. The topological polar surface area (TPSA) is 123 Å². The fourth-order valence-electron chi connectivity index (χ4n) is 3.72. The number of halogens is 1. The van der Waals surface area contributed by atoms with Crippen LogP contribution in [0.2, 0.25) is 5.02 Å². The summed E-state index contributed by atoms with van der Waals surface area (Å²) in [5, 5.41) is 2.44. The zero-order valence-corrected chi connectivity index (χ0v) is 20.1. The van der Waals surface area contributed by atoms with Crippen molar-refractivity contribution in [3.05, 3.63) is 45.7 Å². The van der Waals surface area contributed by atoms with Gasteiger partial charge >= 0.3 is 5.97 Å². The predicted molar refractivity (Wildman–Crippen MR) is 121 cm³/mol. The number of hydrogen-bond acceptors (Lipinski definition) is 7. The summed E-state index contributed by atoms with van der Waals surface area (Å²) in [6.07, 6.45) is 2.51. The number of benzene rings is 1. The number of anilines is 1. The van der Waals surface area contributed by atoms with Crippen molar-refractivity contribution in [1.29, 1.82) is 0 Å². The first-order valence-electron chi connectivity index (χ1n) is 10.5. The first-order valence-corrected chi connectivity index (χ1v) is 12.3. The highest BCUT2D eigenvalue weighted by molar-refractivity contribution is 7.89. The lowest BCUT2D eigenvalue weighted by molar-refractivity contribution is 0.0524. The minimum Gasteiger partial charge on any atom is -0.462 e. The molecule has 1 aromatic carbocycles. The van der Waals surface area contributed by atoms with Crippen LogP contribution in [0.1, 0.15) is 69.9 Å². The number of nitrogens with one attached hydrogen (secondary N) is 1. The van der Waals surface area contributed by atoms with Crippen molar-refractivity contribution in [2.75, 3.05) is 25.0 Å². The molecule has 1 aliphatic rings. The lowest BCUT2D eigenvalue weighted by atomic mass is 10.1. The molecule has 9 nitrogen and oxygen atoms in total. The number of carbonyl (C=O) groups is 3. The Bertz CT molecular complexity index is 1200. The molecule has 0 unspecified atom stereocenters. The Hall–Kier alpha value is -2.69. The van der Waals surface area contributed by atoms with E-state index in [1.165, 1.54) is 36.4 Å². The number of rotatable bonds is 7. The molecular weight excluding hydrogens is 472 g/mol. The van der Waals surface area contributed by atoms with E-state index in [0.29, 0.717) is 13.1 Å². The Morgan fingerprint density at radius 3 is 2.42 bits per heavy atom. The maximum absolute atomic E-state index is 13.0. The van der Waals surface area contributed by atoms with Gasteiger partial charge in [0.25, 0.3) is 5.91 Å². The number of ether oxygens (including phenoxy) is 1. The van der Waals surface area contributed by atoms with Gasteiger partial charge in [-0.3, -0.25) is 14.9 Å². The molecule has 1 aliphatic heterocycles. The van der Waals surface area contributed by atoms with Crippen molar-refractivity contribution in [3.63, 3.8) is 0 Å². The first-order chi connectivity index (χ1) is 15.6. The van der Waals surface area contributed by atoms with Gasteiger partial charge in [-0.25, -0.2) is 13.2 Å². The summed E-state index contributed by atoms with van der Waals surface area (Å²) >= 11 is 6.19. The molecule has 1 saturated heterocycles. The number of hydrogen-bond donors (Lipinski definition) is 1. The Labute approximate surface area is 197 Å². The molecule has 0 spiro atoms. The van der Waals surface area contributed by atoms with E-state index >= 15 is 0 Å². The fourth-order valence-corrected chi connectivity index (χ4v) is 5.47. The Morgan fingerprint density at radius 2 is 1.82 bits per heavy atom. The normalized spacial score (nSPS) is 14.7. The maximum atomic E-state index is 13.0. The summed E-state index contributed by atoms with van der Waals surface area (Å²) in [5.41, 5.74) is -0.331. The Morgan fingerprint density at radius 1 is 1.15 bits per heavy atom. The van der Waals surface area contributed by atoms with Crippen molar-refractivity contribution in [2.45, 2.75) is 44.9 Å². The van der Waals surface area contributed by atoms with E-state index in [0.717, 1.165) is 19.3 Å². The number of sulfonamides is 1. The van der Waals surface area contributed by atoms with E-state index in [4.69, 9.17) is 20.8 Å². The molecule has 0 aliphatic carbocycles. The monoisotopic (exact) mass is 496 g/mol. The Kier molecular flexibility index (Phi) is 7.61. The third kappa shape index (κ3) is 5.13. The molecular formula is C22H25ClN2O7S. The number of aryl methyl sites for hydroxylation is 1. The number of nitrogens with zero attached hydrogens (tertiary/aromatic N) is 1. The van der Waals surface area contributed by atoms with Crippen molar-refractivity contribution in [2.24, 2.45) is 0 Å². The van der Waals surface area contributed by atoms with E-state index < -0.39 is 27.7 Å². The second kappa shape index (κ2) is 10.1. The molecule has 0 radical (unpaired) electrons. The van der Waals surface area contributed by atoms with Gasteiger partial charge < -0.3 is 9.15 Å². The highest BCUT2D eigenvalue weighted by atomic mass is 35.5. The van der Waals surface area contributed by atoms with Crippen LogP contribution in [0.15, 0.2) is 27.5 Å². The molecule has 0 bridgehead atoms. The van der Waals surface area contributed by atoms with E-state index in [2.05, 4.69) is 5.32 Å². The molecule has 1 aromatic heterocycles. The molecule has 11 heteroatoms. The van der Waals surface area contributed by atoms with Crippen LogP contribution in [0.25, 0.3) is 0 Å².